The van der Waals surface area contributed by atoms with E-state index in [1.807, 2.05) is 36.2 Å². The molecule has 3 aromatic carbocycles. The van der Waals surface area contributed by atoms with Crippen molar-refractivity contribution in [2.75, 3.05) is 19.1 Å². The minimum atomic E-state index is 0.477. The quantitative estimate of drug-likeness (QED) is 0.582. The Morgan fingerprint density at radius 2 is 1.84 bits per heavy atom. The molecule has 4 rings (SSSR count). The SMILES string of the molecule is COc1ccc(N(C)C(N)=Nc2ccc3cccc4c3c2CC4)cc1. The predicted molar refractivity (Wildman–Crippen MR) is 104 cm³/mol. The van der Waals surface area contributed by atoms with Crippen molar-refractivity contribution in [2.45, 2.75) is 12.8 Å². The highest BCUT2D eigenvalue weighted by molar-refractivity contribution is 5.99. The summed E-state index contributed by atoms with van der Waals surface area (Å²) < 4.78 is 5.20. The average Bonchev–Trinajstić information content (AvgIpc) is 3.09. The highest BCUT2D eigenvalue weighted by Crippen LogP contribution is 2.37. The molecule has 2 N–H and O–H groups in total. The van der Waals surface area contributed by atoms with Gasteiger partial charge in [0, 0.05) is 12.7 Å². The molecular weight excluding hydrogens is 310 g/mol. The summed E-state index contributed by atoms with van der Waals surface area (Å²) in [4.78, 5) is 6.61. The number of nitrogens with zero attached hydrogens (tertiary/aromatic N) is 2. The maximum atomic E-state index is 6.28. The van der Waals surface area contributed by atoms with Gasteiger partial charge in [0.25, 0.3) is 0 Å². The smallest absolute Gasteiger partial charge is 0.200 e. The normalized spacial score (nSPS) is 13.3. The summed E-state index contributed by atoms with van der Waals surface area (Å²) in [7, 11) is 3.58. The summed E-state index contributed by atoms with van der Waals surface area (Å²) >= 11 is 0. The third-order valence-electron chi connectivity index (χ3n) is 4.90. The average molecular weight is 331 g/mol. The zero-order valence-electron chi connectivity index (χ0n) is 14.5. The first-order valence-electron chi connectivity index (χ1n) is 8.43. The van der Waals surface area contributed by atoms with Crippen LogP contribution in [0.3, 0.4) is 0 Å². The van der Waals surface area contributed by atoms with Gasteiger partial charge in [-0.1, -0.05) is 24.3 Å². The maximum Gasteiger partial charge on any atom is 0.200 e. The maximum absolute atomic E-state index is 6.28. The van der Waals surface area contributed by atoms with Gasteiger partial charge >= 0.3 is 0 Å². The van der Waals surface area contributed by atoms with E-state index in [-0.39, 0.29) is 0 Å². The third-order valence-corrected chi connectivity index (χ3v) is 4.90. The zero-order chi connectivity index (χ0) is 17.4. The van der Waals surface area contributed by atoms with Gasteiger partial charge in [-0.15, -0.1) is 0 Å². The van der Waals surface area contributed by atoms with Gasteiger partial charge in [-0.2, -0.15) is 0 Å². The van der Waals surface area contributed by atoms with Crippen LogP contribution in [0.5, 0.6) is 5.75 Å². The van der Waals surface area contributed by atoms with E-state index in [2.05, 4.69) is 30.3 Å². The first-order valence-corrected chi connectivity index (χ1v) is 8.43. The molecule has 0 unspecified atom stereocenters. The molecule has 4 nitrogen and oxygen atoms in total. The number of methoxy groups -OCH3 is 1. The molecule has 0 saturated carbocycles. The number of benzene rings is 3. The Kier molecular flexibility index (Phi) is 3.80. The molecule has 0 amide bonds. The van der Waals surface area contributed by atoms with E-state index in [4.69, 9.17) is 15.5 Å². The van der Waals surface area contributed by atoms with Crippen LogP contribution in [0.2, 0.25) is 0 Å². The summed E-state index contributed by atoms with van der Waals surface area (Å²) in [6, 6.07) is 18.5. The predicted octanol–water partition coefficient (Wildman–Crippen LogP) is 4.03. The lowest BCUT2D eigenvalue weighted by atomic mass is 10.0. The molecule has 0 fully saturated rings. The molecule has 3 aromatic rings. The van der Waals surface area contributed by atoms with E-state index in [1.54, 1.807) is 7.11 Å². The molecule has 0 atom stereocenters. The highest BCUT2D eigenvalue weighted by atomic mass is 16.5. The van der Waals surface area contributed by atoms with Crippen LogP contribution in [0, 0.1) is 0 Å². The zero-order valence-corrected chi connectivity index (χ0v) is 14.5. The summed E-state index contributed by atoms with van der Waals surface area (Å²) in [6.07, 6.45) is 2.10. The summed E-state index contributed by atoms with van der Waals surface area (Å²) in [5, 5.41) is 2.63. The van der Waals surface area contributed by atoms with Crippen molar-refractivity contribution in [3.8, 4) is 5.75 Å². The van der Waals surface area contributed by atoms with Gasteiger partial charge in [0.2, 0.25) is 5.96 Å². The van der Waals surface area contributed by atoms with Gasteiger partial charge in [0.1, 0.15) is 5.75 Å². The van der Waals surface area contributed by atoms with Crippen LogP contribution in [-0.4, -0.2) is 20.1 Å². The molecule has 0 bridgehead atoms. The number of anilines is 1. The number of guanidine groups is 1. The van der Waals surface area contributed by atoms with Crippen LogP contribution in [0.15, 0.2) is 59.6 Å². The second-order valence-corrected chi connectivity index (χ2v) is 6.31. The van der Waals surface area contributed by atoms with Crippen molar-refractivity contribution in [1.29, 1.82) is 0 Å². The number of nitrogens with two attached hydrogens (primary N) is 1. The van der Waals surface area contributed by atoms with Gasteiger partial charge in [0.05, 0.1) is 12.8 Å². The van der Waals surface area contributed by atoms with Gasteiger partial charge in [-0.05, 0) is 65.1 Å². The number of rotatable bonds is 3. The largest absolute Gasteiger partial charge is 0.497 e. The molecule has 0 aliphatic heterocycles. The fourth-order valence-corrected chi connectivity index (χ4v) is 3.49. The van der Waals surface area contributed by atoms with E-state index in [0.29, 0.717) is 5.96 Å². The first kappa shape index (κ1) is 15.5. The number of aryl methyl sites for hydroxylation is 2. The fourth-order valence-electron chi connectivity index (χ4n) is 3.49. The lowest BCUT2D eigenvalue weighted by molar-refractivity contribution is 0.415. The van der Waals surface area contributed by atoms with E-state index in [0.717, 1.165) is 30.0 Å². The molecule has 0 saturated heterocycles. The van der Waals surface area contributed by atoms with Crippen LogP contribution in [0.4, 0.5) is 11.4 Å². The van der Waals surface area contributed by atoms with E-state index < -0.39 is 0 Å². The molecule has 4 heteroatoms. The van der Waals surface area contributed by atoms with Crippen molar-refractivity contribution in [2.24, 2.45) is 10.7 Å². The Labute approximate surface area is 147 Å². The Balaban J connectivity index is 1.70. The van der Waals surface area contributed by atoms with Gasteiger partial charge in [0.15, 0.2) is 0 Å². The molecule has 0 aromatic heterocycles. The van der Waals surface area contributed by atoms with Crippen LogP contribution in [-0.2, 0) is 12.8 Å². The number of aliphatic imine (C=N–C) groups is 1. The summed E-state index contributed by atoms with van der Waals surface area (Å²) in [6.45, 7) is 0. The Bertz CT molecular complexity index is 961. The van der Waals surface area contributed by atoms with Gasteiger partial charge in [-0.25, -0.2) is 4.99 Å². The van der Waals surface area contributed by atoms with Gasteiger partial charge < -0.3 is 15.4 Å². The first-order chi connectivity index (χ1) is 12.2. The minimum Gasteiger partial charge on any atom is -0.497 e. The Morgan fingerprint density at radius 1 is 1.04 bits per heavy atom. The van der Waals surface area contributed by atoms with Crippen LogP contribution in [0.1, 0.15) is 11.1 Å². The van der Waals surface area contributed by atoms with Crippen LogP contribution < -0.4 is 15.4 Å². The second kappa shape index (κ2) is 6.13. The van der Waals surface area contributed by atoms with E-state index in [1.165, 1.54) is 21.9 Å². The molecule has 0 radical (unpaired) electrons. The van der Waals surface area contributed by atoms with Crippen molar-refractivity contribution >= 4 is 28.1 Å². The van der Waals surface area contributed by atoms with Crippen LogP contribution in [0.25, 0.3) is 10.8 Å². The number of hydrogen-bond acceptors (Lipinski definition) is 2. The van der Waals surface area contributed by atoms with Crippen molar-refractivity contribution in [1.82, 2.24) is 0 Å². The minimum absolute atomic E-state index is 0.477. The summed E-state index contributed by atoms with van der Waals surface area (Å²) in [5.74, 6) is 1.30. The summed E-state index contributed by atoms with van der Waals surface area (Å²) in [5.41, 5.74) is 10.9. The molecule has 1 aliphatic carbocycles. The number of ether oxygens (including phenoxy) is 1. The van der Waals surface area contributed by atoms with Crippen LogP contribution >= 0.6 is 0 Å². The molecule has 1 aliphatic rings. The van der Waals surface area contributed by atoms with Crippen molar-refractivity contribution < 1.29 is 4.74 Å². The monoisotopic (exact) mass is 331 g/mol. The molecule has 25 heavy (non-hydrogen) atoms. The van der Waals surface area contributed by atoms with E-state index >= 15 is 0 Å². The Hall–Kier alpha value is -3.01. The highest BCUT2D eigenvalue weighted by Gasteiger charge is 2.17. The topological polar surface area (TPSA) is 50.9 Å². The van der Waals surface area contributed by atoms with E-state index in [9.17, 15) is 0 Å². The molecule has 0 heterocycles. The molecular formula is C21H21N3O. The fraction of sp³-hybridized carbons (Fsp3) is 0.190. The lowest BCUT2D eigenvalue weighted by Gasteiger charge is -2.19. The van der Waals surface area contributed by atoms with Crippen molar-refractivity contribution in [3.05, 3.63) is 65.7 Å². The van der Waals surface area contributed by atoms with Gasteiger partial charge in [-0.3, -0.25) is 0 Å². The number of hydrogen-bond donors (Lipinski definition) is 1. The molecule has 0 spiro atoms. The second-order valence-electron chi connectivity index (χ2n) is 6.31. The van der Waals surface area contributed by atoms with Crippen molar-refractivity contribution in [3.63, 3.8) is 0 Å². The lowest BCUT2D eigenvalue weighted by Crippen LogP contribution is -2.33. The third kappa shape index (κ3) is 2.70. The Morgan fingerprint density at radius 3 is 2.60 bits per heavy atom. The molecule has 126 valence electrons. The standard InChI is InChI=1S/C21H21N3O/c1-24(16-8-10-17(25-2)11-9-16)21(22)23-19-13-7-15-5-3-4-14-6-12-18(19)20(14)15/h3-5,7-11,13H,6,12H2,1-2H3,(H2,22,23).